The van der Waals surface area contributed by atoms with Gasteiger partial charge in [-0.3, -0.25) is 19.5 Å². The van der Waals surface area contributed by atoms with Crippen LogP contribution in [0.5, 0.6) is 0 Å². The Morgan fingerprint density at radius 1 is 1.23 bits per heavy atom. The third-order valence-corrected chi connectivity index (χ3v) is 7.00. The molecule has 2 N–H and O–H groups in total. The van der Waals surface area contributed by atoms with E-state index in [1.807, 2.05) is 30.5 Å². The van der Waals surface area contributed by atoms with Crippen LogP contribution in [0.4, 0.5) is 0 Å². The van der Waals surface area contributed by atoms with Crippen molar-refractivity contribution in [3.63, 3.8) is 0 Å². The van der Waals surface area contributed by atoms with Crippen molar-refractivity contribution in [3.8, 4) is 11.3 Å². The van der Waals surface area contributed by atoms with Gasteiger partial charge in [0.15, 0.2) is 0 Å². The number of hydrogen-bond acceptors (Lipinski definition) is 6. The lowest BCUT2D eigenvalue weighted by Crippen LogP contribution is -2.40. The Morgan fingerprint density at radius 2 is 2.03 bits per heavy atom. The number of ether oxygens (including phenoxy) is 1. The van der Waals surface area contributed by atoms with E-state index in [1.54, 1.807) is 11.6 Å². The number of pyridine rings is 1. The van der Waals surface area contributed by atoms with Crippen LogP contribution in [0.25, 0.3) is 27.7 Å². The van der Waals surface area contributed by atoms with E-state index in [4.69, 9.17) is 20.4 Å². The molecule has 8 heteroatoms. The quantitative estimate of drug-likeness (QED) is 0.629. The van der Waals surface area contributed by atoms with Crippen molar-refractivity contribution in [2.75, 3.05) is 26.3 Å². The maximum atomic E-state index is 12.2. The molecule has 4 heterocycles. The first-order valence-corrected chi connectivity index (χ1v) is 12.2. The predicted molar refractivity (Wildman–Crippen MR) is 138 cm³/mol. The molecule has 0 atom stereocenters. The van der Waals surface area contributed by atoms with E-state index in [-0.39, 0.29) is 11.9 Å². The molecule has 5 rings (SSSR count). The number of piperidine rings is 1. The first kappa shape index (κ1) is 23.2. The lowest BCUT2D eigenvalue weighted by molar-refractivity contribution is -0.128. The number of benzene rings is 1. The maximum absolute atomic E-state index is 12.2. The number of aryl methyl sites for hydroxylation is 2. The summed E-state index contributed by atoms with van der Waals surface area (Å²) in [6, 6.07) is 6.52. The Kier molecular flexibility index (Phi) is 6.38. The van der Waals surface area contributed by atoms with Gasteiger partial charge in [-0.05, 0) is 36.8 Å². The van der Waals surface area contributed by atoms with Crippen LogP contribution < -0.4 is 5.73 Å². The predicted octanol–water partition coefficient (Wildman–Crippen LogP) is 3.49. The van der Waals surface area contributed by atoms with Crippen LogP contribution in [0.1, 0.15) is 37.3 Å². The highest BCUT2D eigenvalue weighted by Crippen LogP contribution is 2.32. The highest BCUT2D eigenvalue weighted by Gasteiger charge is 2.27. The lowest BCUT2D eigenvalue weighted by atomic mass is 9.91. The molecule has 2 aliphatic rings. The second-order valence-corrected chi connectivity index (χ2v) is 9.45. The van der Waals surface area contributed by atoms with E-state index in [0.717, 1.165) is 70.5 Å². The number of hydrogen-bond donors (Lipinski definition) is 1. The Bertz CT molecular complexity index is 1330. The van der Waals surface area contributed by atoms with Gasteiger partial charge < -0.3 is 15.4 Å². The van der Waals surface area contributed by atoms with E-state index in [9.17, 15) is 4.79 Å². The van der Waals surface area contributed by atoms with Crippen molar-refractivity contribution in [1.29, 1.82) is 0 Å². The summed E-state index contributed by atoms with van der Waals surface area (Å²) in [4.78, 5) is 23.9. The Hall–Kier alpha value is -3.52. The van der Waals surface area contributed by atoms with Gasteiger partial charge in [0, 0.05) is 92.6 Å². The molecule has 8 nitrogen and oxygen atoms in total. The molecule has 0 spiro atoms. The lowest BCUT2D eigenvalue weighted by Gasteiger charge is -2.32. The Balaban J connectivity index is 1.62. The number of fused-ring (bicyclic) bond motifs is 1. The monoisotopic (exact) mass is 472 g/mol. The molecule has 0 unspecified atom stereocenters. The average Bonchev–Trinajstić information content (AvgIpc) is 3.30. The molecule has 182 valence electrons. The van der Waals surface area contributed by atoms with Crippen LogP contribution in [-0.4, -0.2) is 63.6 Å². The molecule has 2 saturated heterocycles. The Morgan fingerprint density at radius 3 is 2.74 bits per heavy atom. The van der Waals surface area contributed by atoms with E-state index in [2.05, 4.69) is 30.2 Å². The summed E-state index contributed by atoms with van der Waals surface area (Å²) in [5, 5.41) is 6.32. The molecule has 0 saturated carbocycles. The largest absolute Gasteiger partial charge is 0.398 e. The van der Waals surface area contributed by atoms with Crippen LogP contribution in [-0.2, 0) is 16.6 Å². The van der Waals surface area contributed by atoms with Crippen molar-refractivity contribution in [1.82, 2.24) is 19.7 Å². The molecule has 2 fully saturated rings. The first-order chi connectivity index (χ1) is 16.9. The molecule has 1 amide bonds. The van der Waals surface area contributed by atoms with Crippen LogP contribution in [0.2, 0.25) is 0 Å². The van der Waals surface area contributed by atoms with Crippen molar-refractivity contribution >= 4 is 28.1 Å². The van der Waals surface area contributed by atoms with E-state index >= 15 is 0 Å². The van der Waals surface area contributed by atoms with E-state index in [1.165, 1.54) is 0 Å². The minimum absolute atomic E-state index is 0.0536. The maximum Gasteiger partial charge on any atom is 0.219 e. The summed E-state index contributed by atoms with van der Waals surface area (Å²) in [6.07, 6.45) is 8.21. The van der Waals surface area contributed by atoms with Gasteiger partial charge in [-0.15, -0.1) is 0 Å². The number of rotatable bonds is 3. The number of aliphatic imine (C=N–C) groups is 1. The van der Waals surface area contributed by atoms with Gasteiger partial charge in [-0.1, -0.05) is 12.1 Å². The molecule has 2 aromatic heterocycles. The van der Waals surface area contributed by atoms with Crippen LogP contribution in [0.3, 0.4) is 0 Å². The third kappa shape index (κ3) is 4.71. The number of likely N-dealkylation sites (tertiary alicyclic amines) is 1. The number of carbonyl (C=O) groups excluding carboxylic acids is 1. The number of nitrogens with two attached hydrogens (primary N) is 1. The minimum atomic E-state index is 0.0536. The van der Waals surface area contributed by atoms with Gasteiger partial charge in [0.2, 0.25) is 5.91 Å². The number of aromatic nitrogens is 3. The van der Waals surface area contributed by atoms with Crippen LogP contribution in [0.15, 0.2) is 47.4 Å². The average molecular weight is 473 g/mol. The van der Waals surface area contributed by atoms with Gasteiger partial charge >= 0.3 is 0 Å². The number of nitrogens with zero attached hydrogens (tertiary/aromatic N) is 5. The molecule has 0 bridgehead atoms. The van der Waals surface area contributed by atoms with Gasteiger partial charge in [-0.2, -0.15) is 5.10 Å². The standard InChI is InChI=1S/C27H32N6O2/c1-17-4-5-19-12-25(20-13-30-32(3)15-20)29-14-22(19)26(17)27(28)23-16-33(18(2)34)9-6-24(23)31-21-7-10-35-11-8-21/h4-5,12-15,21H,6-11,16,28H2,1-3H3. The summed E-state index contributed by atoms with van der Waals surface area (Å²) in [6.45, 7) is 6.30. The Labute approximate surface area is 205 Å². The SMILES string of the molecule is CC(=O)N1CCC(=NC2CCOCC2)C(=C(N)c2c(C)ccc3cc(-c4cnn(C)c4)ncc23)C1. The molecular formula is C27H32N6O2. The number of carbonyl (C=O) groups is 1. The summed E-state index contributed by atoms with van der Waals surface area (Å²) in [5.74, 6) is 0.0536. The van der Waals surface area contributed by atoms with E-state index < -0.39 is 0 Å². The van der Waals surface area contributed by atoms with E-state index in [0.29, 0.717) is 25.2 Å². The number of amides is 1. The zero-order chi connectivity index (χ0) is 24.5. The summed E-state index contributed by atoms with van der Waals surface area (Å²) < 4.78 is 7.29. The molecule has 3 aromatic rings. The zero-order valence-corrected chi connectivity index (χ0v) is 20.6. The molecule has 0 aliphatic carbocycles. The van der Waals surface area contributed by atoms with Gasteiger partial charge in [0.1, 0.15) is 0 Å². The van der Waals surface area contributed by atoms with Crippen LogP contribution >= 0.6 is 0 Å². The summed E-state index contributed by atoms with van der Waals surface area (Å²) >= 11 is 0. The second kappa shape index (κ2) is 9.62. The van der Waals surface area contributed by atoms with Gasteiger partial charge in [-0.25, -0.2) is 0 Å². The summed E-state index contributed by atoms with van der Waals surface area (Å²) in [7, 11) is 1.90. The fraction of sp³-hybridized carbons (Fsp3) is 0.407. The smallest absolute Gasteiger partial charge is 0.219 e. The van der Waals surface area contributed by atoms with Crippen molar-refractivity contribution in [2.24, 2.45) is 17.8 Å². The third-order valence-electron chi connectivity index (χ3n) is 7.00. The first-order valence-electron chi connectivity index (χ1n) is 12.2. The van der Waals surface area contributed by atoms with Gasteiger partial charge in [0.25, 0.3) is 0 Å². The fourth-order valence-corrected chi connectivity index (χ4v) is 4.99. The topological polar surface area (TPSA) is 98.6 Å². The molecular weight excluding hydrogens is 440 g/mol. The normalized spacial score (nSPS) is 20.0. The highest BCUT2D eigenvalue weighted by molar-refractivity contribution is 6.10. The zero-order valence-electron chi connectivity index (χ0n) is 20.6. The molecule has 2 aliphatic heterocycles. The van der Waals surface area contributed by atoms with Crippen molar-refractivity contribution in [2.45, 2.75) is 39.2 Å². The molecule has 1 aromatic carbocycles. The van der Waals surface area contributed by atoms with Crippen molar-refractivity contribution in [3.05, 3.63) is 53.5 Å². The second-order valence-electron chi connectivity index (χ2n) is 9.45. The summed E-state index contributed by atoms with van der Waals surface area (Å²) in [5.41, 5.74) is 13.5. The molecule has 35 heavy (non-hydrogen) atoms. The highest BCUT2D eigenvalue weighted by atomic mass is 16.5. The minimum Gasteiger partial charge on any atom is -0.398 e. The van der Waals surface area contributed by atoms with Crippen molar-refractivity contribution < 1.29 is 9.53 Å². The van der Waals surface area contributed by atoms with Gasteiger partial charge in [0.05, 0.1) is 17.9 Å². The van der Waals surface area contributed by atoms with Crippen LogP contribution in [0, 0.1) is 6.92 Å². The molecule has 0 radical (unpaired) electrons. The fourth-order valence-electron chi connectivity index (χ4n) is 4.99.